The second kappa shape index (κ2) is 10.8. The second-order valence-electron chi connectivity index (χ2n) is 7.02. The molecule has 0 bridgehead atoms. The third kappa shape index (κ3) is 5.89. The molecule has 0 aliphatic heterocycles. The summed E-state index contributed by atoms with van der Waals surface area (Å²) in [6, 6.07) is 0. The van der Waals surface area contributed by atoms with E-state index in [0.717, 1.165) is 0 Å². The minimum Gasteiger partial charge on any atom is -0.431 e. The molecule has 0 heterocycles. The fraction of sp³-hybridized carbons (Fsp3) is 1.00. The summed E-state index contributed by atoms with van der Waals surface area (Å²) < 4.78 is 0. The Kier molecular flexibility index (Phi) is 10.9. The fourth-order valence-corrected chi connectivity index (χ4v) is 8.60. The molecule has 0 spiro atoms. The fourth-order valence-electron chi connectivity index (χ4n) is 3.68. The summed E-state index contributed by atoms with van der Waals surface area (Å²) in [6.07, 6.45) is 11.3. The summed E-state index contributed by atoms with van der Waals surface area (Å²) in [5, 5.41) is 0. The molecule has 0 aromatic heterocycles. The summed E-state index contributed by atoms with van der Waals surface area (Å²) >= 11 is 0. The van der Waals surface area contributed by atoms with Crippen LogP contribution in [0.1, 0.15) is 99.3 Å². The largest absolute Gasteiger partial charge is 0.431 e. The van der Waals surface area contributed by atoms with Gasteiger partial charge < -0.3 is 4.80 Å². The highest BCUT2D eigenvalue weighted by Gasteiger charge is 2.46. The Morgan fingerprint density at radius 3 is 1.10 bits per heavy atom. The Balaban J connectivity index is 4.88. The third-order valence-corrected chi connectivity index (χ3v) is 10.9. The quantitative estimate of drug-likeness (QED) is 0.399. The number of rotatable bonds is 12. The molecule has 0 saturated carbocycles. The maximum absolute atomic E-state index is 11.6. The van der Waals surface area contributed by atoms with Crippen molar-refractivity contribution < 1.29 is 4.80 Å². The summed E-state index contributed by atoms with van der Waals surface area (Å²) in [4.78, 5) is 11.6. The molecular formula is C18H40OSi. The van der Waals surface area contributed by atoms with Gasteiger partial charge in [-0.1, -0.05) is 99.3 Å². The van der Waals surface area contributed by atoms with Crippen molar-refractivity contribution >= 4 is 8.32 Å². The highest BCUT2D eigenvalue weighted by molar-refractivity contribution is 6.76. The number of unbranched alkanes of at least 4 members (excludes halogenated alkanes) is 3. The molecule has 2 heteroatoms. The van der Waals surface area contributed by atoms with Gasteiger partial charge in [-0.25, -0.2) is 0 Å². The van der Waals surface area contributed by atoms with Gasteiger partial charge in [-0.2, -0.15) is 0 Å². The second-order valence-corrected chi connectivity index (χ2v) is 11.7. The van der Waals surface area contributed by atoms with Crippen LogP contribution in [0, 0.1) is 0 Å². The van der Waals surface area contributed by atoms with E-state index in [0.29, 0.717) is 16.6 Å². The van der Waals surface area contributed by atoms with Gasteiger partial charge in [0, 0.05) is 0 Å². The average Bonchev–Trinajstić information content (AvgIpc) is 2.46. The van der Waals surface area contributed by atoms with Crippen LogP contribution in [-0.4, -0.2) is 13.1 Å². The molecule has 0 saturated heterocycles. The minimum atomic E-state index is -2.17. The smallest absolute Gasteiger partial charge is 0.196 e. The molecule has 0 aromatic carbocycles. The van der Waals surface area contributed by atoms with Gasteiger partial charge in [-0.15, -0.1) is 0 Å². The first-order valence-electron chi connectivity index (χ1n) is 9.17. The van der Waals surface area contributed by atoms with Gasteiger partial charge in [-0.3, -0.25) is 0 Å². The maximum Gasteiger partial charge on any atom is 0.196 e. The lowest BCUT2D eigenvalue weighted by Crippen LogP contribution is -2.47. The van der Waals surface area contributed by atoms with E-state index in [9.17, 15) is 4.80 Å². The van der Waals surface area contributed by atoms with Gasteiger partial charge in [-0.05, 0) is 16.6 Å². The van der Waals surface area contributed by atoms with Gasteiger partial charge in [0.15, 0.2) is 8.32 Å². The molecule has 1 nitrogen and oxygen atoms in total. The van der Waals surface area contributed by atoms with Gasteiger partial charge in [0.1, 0.15) is 0 Å². The molecule has 0 fully saturated rings. The molecule has 0 aliphatic rings. The minimum absolute atomic E-state index is 0.557. The molecular weight excluding hydrogens is 260 g/mol. The Morgan fingerprint density at radius 1 is 0.650 bits per heavy atom. The van der Waals surface area contributed by atoms with Crippen LogP contribution in [0.2, 0.25) is 16.6 Å². The Morgan fingerprint density at radius 2 is 0.900 bits per heavy atom. The average molecular weight is 301 g/mol. The van der Waals surface area contributed by atoms with Crippen molar-refractivity contribution in [1.82, 2.24) is 0 Å². The van der Waals surface area contributed by atoms with Crippen LogP contribution >= 0.6 is 0 Å². The molecule has 0 rings (SSSR count). The number of hydrogen-bond acceptors (Lipinski definition) is 1. The van der Waals surface area contributed by atoms with Crippen LogP contribution in [0.3, 0.4) is 0 Å². The Labute approximate surface area is 129 Å². The van der Waals surface area contributed by atoms with E-state index in [1.165, 1.54) is 57.8 Å². The van der Waals surface area contributed by atoms with E-state index >= 15 is 0 Å². The molecule has 122 valence electrons. The molecule has 20 heavy (non-hydrogen) atoms. The van der Waals surface area contributed by atoms with Crippen molar-refractivity contribution in [2.24, 2.45) is 0 Å². The summed E-state index contributed by atoms with van der Waals surface area (Å²) in [7, 11) is -2.17. The molecule has 3 atom stereocenters. The van der Waals surface area contributed by atoms with Gasteiger partial charge in [0.05, 0.1) is 0 Å². The van der Waals surface area contributed by atoms with Crippen LogP contribution in [0.25, 0.3) is 0 Å². The van der Waals surface area contributed by atoms with Crippen LogP contribution in [0.4, 0.5) is 0 Å². The van der Waals surface area contributed by atoms with Gasteiger partial charge in [0.25, 0.3) is 0 Å². The standard InChI is InChI=1S/C18H40OSi/c1-7-10-13-16(4)20(19,17(5)14-11-8-2)18(6)15-12-9-3/h16-19H,7-15H2,1-6H3. The predicted molar refractivity (Wildman–Crippen MR) is 94.8 cm³/mol. The Bertz CT molecular complexity index is 193. The lowest BCUT2D eigenvalue weighted by atomic mass is 10.2. The van der Waals surface area contributed by atoms with Crippen LogP contribution < -0.4 is 0 Å². The van der Waals surface area contributed by atoms with E-state index < -0.39 is 8.32 Å². The predicted octanol–water partition coefficient (Wildman–Crippen LogP) is 6.67. The van der Waals surface area contributed by atoms with Gasteiger partial charge >= 0.3 is 0 Å². The van der Waals surface area contributed by atoms with E-state index in [4.69, 9.17) is 0 Å². The molecule has 3 unspecified atom stereocenters. The highest BCUT2D eigenvalue weighted by atomic mass is 28.4. The SMILES string of the molecule is CCCCC(C)[Si](O)(C(C)CCCC)C(C)CCCC. The van der Waals surface area contributed by atoms with Crippen molar-refractivity contribution in [2.75, 3.05) is 0 Å². The Hall–Kier alpha value is 0.177. The normalized spacial score (nSPS) is 19.4. The van der Waals surface area contributed by atoms with E-state index in [1.54, 1.807) is 0 Å². The molecule has 0 aliphatic carbocycles. The molecule has 0 aromatic rings. The first-order valence-corrected chi connectivity index (χ1v) is 11.3. The van der Waals surface area contributed by atoms with Crippen LogP contribution in [0.15, 0.2) is 0 Å². The third-order valence-electron chi connectivity index (χ3n) is 5.34. The monoisotopic (exact) mass is 300 g/mol. The van der Waals surface area contributed by atoms with E-state index in [2.05, 4.69) is 41.5 Å². The number of hydrogen-bond donors (Lipinski definition) is 1. The van der Waals surface area contributed by atoms with Crippen molar-refractivity contribution in [3.05, 3.63) is 0 Å². The van der Waals surface area contributed by atoms with Crippen molar-refractivity contribution in [3.8, 4) is 0 Å². The summed E-state index contributed by atoms with van der Waals surface area (Å²) in [5.41, 5.74) is 1.67. The molecule has 1 N–H and O–H groups in total. The molecule has 0 amide bonds. The zero-order valence-electron chi connectivity index (χ0n) is 15.0. The van der Waals surface area contributed by atoms with Crippen molar-refractivity contribution in [3.63, 3.8) is 0 Å². The molecule has 0 radical (unpaired) electrons. The topological polar surface area (TPSA) is 20.2 Å². The van der Waals surface area contributed by atoms with E-state index in [1.807, 2.05) is 0 Å². The van der Waals surface area contributed by atoms with Crippen LogP contribution in [0.5, 0.6) is 0 Å². The van der Waals surface area contributed by atoms with E-state index in [-0.39, 0.29) is 0 Å². The zero-order valence-corrected chi connectivity index (χ0v) is 16.0. The highest BCUT2D eigenvalue weighted by Crippen LogP contribution is 2.46. The first-order chi connectivity index (χ1) is 9.44. The van der Waals surface area contributed by atoms with Gasteiger partial charge in [0.2, 0.25) is 0 Å². The van der Waals surface area contributed by atoms with Crippen molar-refractivity contribution in [1.29, 1.82) is 0 Å². The first kappa shape index (κ1) is 20.2. The lowest BCUT2D eigenvalue weighted by Gasteiger charge is -2.42. The van der Waals surface area contributed by atoms with Crippen LogP contribution in [-0.2, 0) is 0 Å². The summed E-state index contributed by atoms with van der Waals surface area (Å²) in [6.45, 7) is 13.8. The zero-order chi connectivity index (χ0) is 15.6. The lowest BCUT2D eigenvalue weighted by molar-refractivity contribution is 0.427. The van der Waals surface area contributed by atoms with Crippen molar-refractivity contribution in [2.45, 2.75) is 116 Å². The summed E-state index contributed by atoms with van der Waals surface area (Å²) in [5.74, 6) is 0. The maximum atomic E-state index is 11.6.